The number of benzene rings is 2. The van der Waals surface area contributed by atoms with Gasteiger partial charge in [0.1, 0.15) is 5.82 Å². The van der Waals surface area contributed by atoms with Crippen LogP contribution < -0.4 is 0 Å². The lowest BCUT2D eigenvalue weighted by atomic mass is 9.86. The zero-order valence-electron chi connectivity index (χ0n) is 15.4. The first kappa shape index (κ1) is 16.8. The van der Waals surface area contributed by atoms with Crippen molar-refractivity contribution in [3.8, 4) is 0 Å². The van der Waals surface area contributed by atoms with Crippen molar-refractivity contribution in [2.45, 2.75) is 39.2 Å². The summed E-state index contributed by atoms with van der Waals surface area (Å²) in [6.45, 7) is 7.66. The minimum absolute atomic E-state index is 0.0295. The van der Waals surface area contributed by atoms with Gasteiger partial charge in [-0.1, -0.05) is 32.9 Å². The molecule has 0 saturated carbocycles. The largest absolute Gasteiger partial charge is 0.358 e. The molecule has 3 nitrogen and oxygen atoms in total. The molecule has 0 aliphatic carbocycles. The van der Waals surface area contributed by atoms with Gasteiger partial charge in [0.05, 0.1) is 0 Å². The standard InChI is InChI=1S/C22H23FN2O/c1-22(2,3)15-6-4-14(5-7-15)21(26)25-11-10-20-18(13-25)17-12-16(23)8-9-19(17)24-20/h4-9,12,24H,10-11,13H2,1-3H3. The number of carbonyl (C=O) groups excluding carboxylic acids is 1. The predicted octanol–water partition coefficient (Wildman–Crippen LogP) is 4.80. The minimum Gasteiger partial charge on any atom is -0.358 e. The Bertz CT molecular complexity index is 980. The molecule has 1 amide bonds. The third-order valence-electron chi connectivity index (χ3n) is 5.22. The normalized spacial score (nSPS) is 14.5. The van der Waals surface area contributed by atoms with Crippen LogP contribution in [-0.2, 0) is 18.4 Å². The van der Waals surface area contributed by atoms with Gasteiger partial charge in [-0.3, -0.25) is 4.79 Å². The summed E-state index contributed by atoms with van der Waals surface area (Å²) in [5.74, 6) is -0.220. The SMILES string of the molecule is CC(C)(C)c1ccc(C(=O)N2CCc3[nH]c4ccc(F)cc4c3C2)cc1. The first-order valence-electron chi connectivity index (χ1n) is 9.02. The van der Waals surface area contributed by atoms with E-state index in [0.717, 1.165) is 28.6 Å². The smallest absolute Gasteiger partial charge is 0.254 e. The first-order chi connectivity index (χ1) is 12.3. The highest BCUT2D eigenvalue weighted by Gasteiger charge is 2.25. The van der Waals surface area contributed by atoms with Gasteiger partial charge in [0.2, 0.25) is 0 Å². The number of nitrogens with one attached hydrogen (secondary N) is 1. The van der Waals surface area contributed by atoms with Crippen molar-refractivity contribution in [3.63, 3.8) is 0 Å². The topological polar surface area (TPSA) is 36.1 Å². The van der Waals surface area contributed by atoms with Crippen molar-refractivity contribution in [1.29, 1.82) is 0 Å². The molecule has 0 saturated heterocycles. The van der Waals surface area contributed by atoms with E-state index in [1.54, 1.807) is 12.1 Å². The summed E-state index contributed by atoms with van der Waals surface area (Å²) in [5.41, 5.74) is 5.05. The molecule has 0 unspecified atom stereocenters. The molecule has 1 aliphatic rings. The average Bonchev–Trinajstić information content (AvgIpc) is 2.97. The number of hydrogen-bond donors (Lipinski definition) is 1. The van der Waals surface area contributed by atoms with Crippen LogP contribution in [0.25, 0.3) is 10.9 Å². The molecule has 1 N–H and O–H groups in total. The summed E-state index contributed by atoms with van der Waals surface area (Å²) in [4.78, 5) is 18.2. The highest BCUT2D eigenvalue weighted by molar-refractivity contribution is 5.95. The highest BCUT2D eigenvalue weighted by atomic mass is 19.1. The number of aromatic nitrogens is 1. The van der Waals surface area contributed by atoms with E-state index in [1.807, 2.05) is 29.2 Å². The zero-order chi connectivity index (χ0) is 18.5. The molecule has 26 heavy (non-hydrogen) atoms. The van der Waals surface area contributed by atoms with Gasteiger partial charge in [-0.2, -0.15) is 0 Å². The van der Waals surface area contributed by atoms with E-state index in [-0.39, 0.29) is 17.1 Å². The fourth-order valence-electron chi connectivity index (χ4n) is 3.66. The van der Waals surface area contributed by atoms with Crippen molar-refractivity contribution in [1.82, 2.24) is 9.88 Å². The number of hydrogen-bond acceptors (Lipinski definition) is 1. The molecule has 2 aromatic carbocycles. The lowest BCUT2D eigenvalue weighted by Gasteiger charge is -2.27. The Hall–Kier alpha value is -2.62. The molecule has 4 rings (SSSR count). The van der Waals surface area contributed by atoms with E-state index in [1.165, 1.54) is 11.6 Å². The maximum Gasteiger partial charge on any atom is 0.254 e. The second kappa shape index (κ2) is 5.97. The number of halogens is 1. The molecule has 2 heterocycles. The van der Waals surface area contributed by atoms with Crippen molar-refractivity contribution in [2.75, 3.05) is 6.54 Å². The van der Waals surface area contributed by atoms with Crippen LogP contribution in [-0.4, -0.2) is 22.3 Å². The van der Waals surface area contributed by atoms with Crippen molar-refractivity contribution >= 4 is 16.8 Å². The van der Waals surface area contributed by atoms with Crippen molar-refractivity contribution in [2.24, 2.45) is 0 Å². The summed E-state index contributed by atoms with van der Waals surface area (Å²) in [6, 6.07) is 12.7. The Kier molecular flexibility index (Phi) is 3.87. The average molecular weight is 350 g/mol. The molecule has 0 bridgehead atoms. The molecule has 0 radical (unpaired) electrons. The lowest BCUT2D eigenvalue weighted by molar-refractivity contribution is 0.0735. The van der Waals surface area contributed by atoms with Crippen LogP contribution in [0.15, 0.2) is 42.5 Å². The van der Waals surface area contributed by atoms with E-state index < -0.39 is 0 Å². The molecule has 0 spiro atoms. The van der Waals surface area contributed by atoms with E-state index >= 15 is 0 Å². The first-order valence-corrected chi connectivity index (χ1v) is 9.02. The van der Waals surface area contributed by atoms with E-state index in [0.29, 0.717) is 18.7 Å². The Balaban J connectivity index is 1.61. The molecule has 0 atom stereocenters. The van der Waals surface area contributed by atoms with Crippen molar-refractivity contribution < 1.29 is 9.18 Å². The fourth-order valence-corrected chi connectivity index (χ4v) is 3.66. The van der Waals surface area contributed by atoms with Gasteiger partial charge in [-0.25, -0.2) is 4.39 Å². The van der Waals surface area contributed by atoms with E-state index in [9.17, 15) is 9.18 Å². The Labute approximate surface area is 152 Å². The molecule has 3 aromatic rings. The second-order valence-corrected chi connectivity index (χ2v) is 8.08. The quantitative estimate of drug-likeness (QED) is 0.672. The minimum atomic E-state index is -0.250. The molecular weight excluding hydrogens is 327 g/mol. The summed E-state index contributed by atoms with van der Waals surface area (Å²) >= 11 is 0. The van der Waals surface area contributed by atoms with Gasteiger partial charge in [-0.15, -0.1) is 0 Å². The summed E-state index contributed by atoms with van der Waals surface area (Å²) in [7, 11) is 0. The number of H-pyrrole nitrogens is 1. The molecular formula is C22H23FN2O. The number of carbonyl (C=O) groups is 1. The molecule has 4 heteroatoms. The number of rotatable bonds is 1. The van der Waals surface area contributed by atoms with Gasteiger partial charge in [-0.05, 0) is 41.3 Å². The Morgan fingerprint density at radius 1 is 1.12 bits per heavy atom. The van der Waals surface area contributed by atoms with Crippen LogP contribution in [0.4, 0.5) is 4.39 Å². The van der Waals surface area contributed by atoms with Crippen molar-refractivity contribution in [3.05, 3.63) is 70.7 Å². The maximum atomic E-state index is 13.6. The summed E-state index contributed by atoms with van der Waals surface area (Å²) in [5, 5.41) is 0.876. The summed E-state index contributed by atoms with van der Waals surface area (Å²) in [6.07, 6.45) is 0.761. The zero-order valence-corrected chi connectivity index (χ0v) is 15.4. The number of fused-ring (bicyclic) bond motifs is 3. The maximum absolute atomic E-state index is 13.6. The third kappa shape index (κ3) is 2.90. The monoisotopic (exact) mass is 350 g/mol. The van der Waals surface area contributed by atoms with Crippen LogP contribution in [0.1, 0.15) is 48.0 Å². The predicted molar refractivity (Wildman–Crippen MR) is 102 cm³/mol. The molecule has 134 valence electrons. The van der Waals surface area contributed by atoms with Gasteiger partial charge < -0.3 is 9.88 Å². The number of amides is 1. The summed E-state index contributed by atoms with van der Waals surface area (Å²) < 4.78 is 13.6. The Morgan fingerprint density at radius 3 is 2.54 bits per heavy atom. The number of nitrogens with zero attached hydrogens (tertiary/aromatic N) is 1. The van der Waals surface area contributed by atoms with Crippen LogP contribution >= 0.6 is 0 Å². The third-order valence-corrected chi connectivity index (χ3v) is 5.22. The van der Waals surface area contributed by atoms with Gasteiger partial charge >= 0.3 is 0 Å². The molecule has 1 aromatic heterocycles. The molecule has 0 fully saturated rings. The lowest BCUT2D eigenvalue weighted by Crippen LogP contribution is -2.35. The van der Waals surface area contributed by atoms with Crippen LogP contribution in [0.2, 0.25) is 0 Å². The van der Waals surface area contributed by atoms with Crippen LogP contribution in [0.3, 0.4) is 0 Å². The van der Waals surface area contributed by atoms with E-state index in [2.05, 4.69) is 25.8 Å². The number of aromatic amines is 1. The Morgan fingerprint density at radius 2 is 1.85 bits per heavy atom. The molecule has 1 aliphatic heterocycles. The van der Waals surface area contributed by atoms with Gasteiger partial charge in [0.15, 0.2) is 0 Å². The van der Waals surface area contributed by atoms with Crippen LogP contribution in [0, 0.1) is 5.82 Å². The van der Waals surface area contributed by atoms with Gasteiger partial charge in [0.25, 0.3) is 5.91 Å². The fraction of sp³-hybridized carbons (Fsp3) is 0.318. The second-order valence-electron chi connectivity index (χ2n) is 8.08. The highest BCUT2D eigenvalue weighted by Crippen LogP contribution is 2.29. The van der Waals surface area contributed by atoms with E-state index in [4.69, 9.17) is 0 Å². The van der Waals surface area contributed by atoms with Gasteiger partial charge in [0, 0.05) is 47.2 Å². The van der Waals surface area contributed by atoms with Crippen LogP contribution in [0.5, 0.6) is 0 Å².